The lowest BCUT2D eigenvalue weighted by molar-refractivity contribution is 0.227. The third-order valence-electron chi connectivity index (χ3n) is 5.23. The van der Waals surface area contributed by atoms with E-state index in [-0.39, 0.29) is 6.17 Å². The minimum absolute atomic E-state index is 0.221. The smallest absolute Gasteiger partial charge is 0.131 e. The first-order chi connectivity index (χ1) is 13.9. The summed E-state index contributed by atoms with van der Waals surface area (Å²) in [6, 6.07) is 8.12. The van der Waals surface area contributed by atoms with Crippen molar-refractivity contribution in [1.82, 2.24) is 20.4 Å². The number of rotatable bonds is 12. The van der Waals surface area contributed by atoms with Crippen molar-refractivity contribution in [2.45, 2.75) is 65.6 Å². The molecule has 0 aliphatic carbocycles. The Labute approximate surface area is 182 Å². The number of hydrogen-bond donors (Lipinski definition) is 2. The van der Waals surface area contributed by atoms with Crippen LogP contribution >= 0.6 is 11.6 Å². The fourth-order valence-corrected chi connectivity index (χ4v) is 3.67. The minimum atomic E-state index is 0.221. The molecule has 1 aliphatic heterocycles. The molecule has 1 aromatic carbocycles. The predicted octanol–water partition coefficient (Wildman–Crippen LogP) is 5.80. The topological polar surface area (TPSA) is 30.5 Å². The number of allylic oxidation sites excluding steroid dienone is 1. The van der Waals surface area contributed by atoms with Crippen LogP contribution in [-0.2, 0) is 6.54 Å². The molecule has 1 heterocycles. The molecule has 0 saturated heterocycles. The van der Waals surface area contributed by atoms with Gasteiger partial charge < -0.3 is 20.4 Å². The van der Waals surface area contributed by atoms with Gasteiger partial charge in [0.05, 0.1) is 5.70 Å². The lowest BCUT2D eigenvalue weighted by Gasteiger charge is -2.32. The van der Waals surface area contributed by atoms with Gasteiger partial charge in [0.25, 0.3) is 0 Å². The molecule has 0 amide bonds. The van der Waals surface area contributed by atoms with Crippen LogP contribution in [0.15, 0.2) is 60.3 Å². The van der Waals surface area contributed by atoms with Gasteiger partial charge in [0, 0.05) is 30.9 Å². The van der Waals surface area contributed by atoms with Gasteiger partial charge in [-0.05, 0) is 43.9 Å². The van der Waals surface area contributed by atoms with Crippen molar-refractivity contribution in [1.29, 1.82) is 0 Å². The highest BCUT2D eigenvalue weighted by molar-refractivity contribution is 6.30. The summed E-state index contributed by atoms with van der Waals surface area (Å²) in [5.74, 6) is 1.00. The SMILES string of the molecule is C=C(C)NC1=C(C(=C)N(C)CCCC)N(Cc2ccc(Cl)cc2)C(CCCC)N1. The van der Waals surface area contributed by atoms with E-state index in [1.165, 1.54) is 24.8 Å². The number of benzene rings is 1. The van der Waals surface area contributed by atoms with Crippen LogP contribution in [0.3, 0.4) is 0 Å². The predicted molar refractivity (Wildman–Crippen MR) is 125 cm³/mol. The molecular formula is C24H37ClN4. The van der Waals surface area contributed by atoms with Crippen LogP contribution < -0.4 is 10.6 Å². The van der Waals surface area contributed by atoms with Crippen LogP contribution in [-0.4, -0.2) is 29.6 Å². The van der Waals surface area contributed by atoms with Crippen molar-refractivity contribution in [3.8, 4) is 0 Å². The Hall–Kier alpha value is -2.07. The Balaban J connectivity index is 2.37. The summed E-state index contributed by atoms with van der Waals surface area (Å²) in [7, 11) is 2.13. The number of halogens is 1. The fraction of sp³-hybridized carbons (Fsp3) is 0.500. The normalized spacial score (nSPS) is 16.0. The van der Waals surface area contributed by atoms with Gasteiger partial charge in [0.15, 0.2) is 0 Å². The average molecular weight is 417 g/mol. The molecular weight excluding hydrogens is 380 g/mol. The monoisotopic (exact) mass is 416 g/mol. The number of nitrogens with zero attached hydrogens (tertiary/aromatic N) is 2. The first kappa shape index (κ1) is 23.2. The molecule has 1 aromatic rings. The van der Waals surface area contributed by atoms with Gasteiger partial charge in [-0.25, -0.2) is 0 Å². The minimum Gasteiger partial charge on any atom is -0.373 e. The van der Waals surface area contributed by atoms with Crippen molar-refractivity contribution >= 4 is 11.6 Å². The molecule has 2 N–H and O–H groups in total. The summed E-state index contributed by atoms with van der Waals surface area (Å²) < 4.78 is 0. The summed E-state index contributed by atoms with van der Waals surface area (Å²) in [6.45, 7) is 16.7. The van der Waals surface area contributed by atoms with E-state index in [1.807, 2.05) is 19.1 Å². The number of hydrogen-bond acceptors (Lipinski definition) is 4. The molecule has 1 atom stereocenters. The van der Waals surface area contributed by atoms with Crippen LogP contribution in [0.1, 0.15) is 58.4 Å². The highest BCUT2D eigenvalue weighted by Gasteiger charge is 2.33. The Bertz CT molecular complexity index is 723. The summed E-state index contributed by atoms with van der Waals surface area (Å²) in [5.41, 5.74) is 4.30. The zero-order valence-corrected chi connectivity index (χ0v) is 19.3. The van der Waals surface area contributed by atoms with E-state index in [1.54, 1.807) is 0 Å². The Morgan fingerprint density at radius 1 is 1.17 bits per heavy atom. The van der Waals surface area contributed by atoms with Crippen LogP contribution in [0.25, 0.3) is 0 Å². The standard InChI is InChI=1S/C24H37ClN4/c1-7-9-11-22-27-24(26-18(3)4)23(19(5)28(6)16-10-8-2)29(22)17-20-12-14-21(25)15-13-20/h12-15,22,26-27H,3,5,7-11,16-17H2,1-2,4,6H3. The average Bonchev–Trinajstić information content (AvgIpc) is 3.01. The Kier molecular flexibility index (Phi) is 8.97. The van der Waals surface area contributed by atoms with E-state index in [0.717, 1.165) is 53.9 Å². The van der Waals surface area contributed by atoms with Gasteiger partial charge in [-0.2, -0.15) is 0 Å². The highest BCUT2D eigenvalue weighted by Crippen LogP contribution is 2.31. The van der Waals surface area contributed by atoms with Gasteiger partial charge >= 0.3 is 0 Å². The molecule has 29 heavy (non-hydrogen) atoms. The molecule has 160 valence electrons. The second kappa shape index (κ2) is 11.2. The van der Waals surface area contributed by atoms with Gasteiger partial charge in [0.1, 0.15) is 17.7 Å². The highest BCUT2D eigenvalue weighted by atomic mass is 35.5. The first-order valence-corrected chi connectivity index (χ1v) is 11.1. The Morgan fingerprint density at radius 3 is 2.41 bits per heavy atom. The third-order valence-corrected chi connectivity index (χ3v) is 5.48. The van der Waals surface area contributed by atoms with Crippen molar-refractivity contribution < 1.29 is 0 Å². The van der Waals surface area contributed by atoms with Crippen LogP contribution in [0.2, 0.25) is 5.02 Å². The second-order valence-corrected chi connectivity index (χ2v) is 8.34. The molecule has 1 aliphatic rings. The van der Waals surface area contributed by atoms with Crippen molar-refractivity contribution in [2.24, 2.45) is 0 Å². The zero-order valence-electron chi connectivity index (χ0n) is 18.5. The lowest BCUT2D eigenvalue weighted by Crippen LogP contribution is -2.38. The van der Waals surface area contributed by atoms with Crippen LogP contribution in [0.4, 0.5) is 0 Å². The number of likely N-dealkylation sites (N-methyl/N-ethyl adjacent to an activating group) is 1. The van der Waals surface area contributed by atoms with Crippen LogP contribution in [0, 0.1) is 0 Å². The summed E-state index contributed by atoms with van der Waals surface area (Å²) in [6.07, 6.45) is 5.94. The van der Waals surface area contributed by atoms with E-state index >= 15 is 0 Å². The summed E-state index contributed by atoms with van der Waals surface area (Å²) in [5, 5.41) is 7.90. The van der Waals surface area contributed by atoms with Gasteiger partial charge in [-0.15, -0.1) is 0 Å². The first-order valence-electron chi connectivity index (χ1n) is 10.7. The maximum absolute atomic E-state index is 6.10. The largest absolute Gasteiger partial charge is 0.373 e. The number of nitrogens with one attached hydrogen (secondary N) is 2. The van der Waals surface area contributed by atoms with E-state index < -0.39 is 0 Å². The van der Waals surface area contributed by atoms with Crippen molar-refractivity contribution in [3.63, 3.8) is 0 Å². The fourth-order valence-electron chi connectivity index (χ4n) is 3.54. The lowest BCUT2D eigenvalue weighted by atomic mass is 10.1. The maximum Gasteiger partial charge on any atom is 0.131 e. The van der Waals surface area contributed by atoms with Gasteiger partial charge in [-0.3, -0.25) is 0 Å². The van der Waals surface area contributed by atoms with E-state index in [2.05, 4.69) is 66.6 Å². The van der Waals surface area contributed by atoms with E-state index in [4.69, 9.17) is 11.6 Å². The Morgan fingerprint density at radius 2 is 1.83 bits per heavy atom. The molecule has 5 heteroatoms. The molecule has 0 fully saturated rings. The molecule has 0 radical (unpaired) electrons. The molecule has 2 rings (SSSR count). The molecule has 0 spiro atoms. The van der Waals surface area contributed by atoms with Gasteiger partial charge in [0.2, 0.25) is 0 Å². The second-order valence-electron chi connectivity index (χ2n) is 7.91. The van der Waals surface area contributed by atoms with E-state index in [9.17, 15) is 0 Å². The van der Waals surface area contributed by atoms with Gasteiger partial charge in [-0.1, -0.05) is 63.6 Å². The molecule has 0 aromatic heterocycles. The third kappa shape index (κ3) is 6.46. The summed E-state index contributed by atoms with van der Waals surface area (Å²) in [4.78, 5) is 4.70. The van der Waals surface area contributed by atoms with E-state index in [0.29, 0.717) is 0 Å². The molecule has 1 unspecified atom stereocenters. The van der Waals surface area contributed by atoms with Crippen molar-refractivity contribution in [3.05, 3.63) is 70.9 Å². The molecule has 4 nitrogen and oxygen atoms in total. The summed E-state index contributed by atoms with van der Waals surface area (Å²) >= 11 is 6.10. The zero-order chi connectivity index (χ0) is 21.4. The quantitative estimate of drug-likeness (QED) is 0.450. The maximum atomic E-state index is 6.10. The van der Waals surface area contributed by atoms with Crippen molar-refractivity contribution in [2.75, 3.05) is 13.6 Å². The molecule has 0 bridgehead atoms. The molecule has 0 saturated carbocycles. The number of unbranched alkanes of at least 4 members (excludes halogenated alkanes) is 2. The van der Waals surface area contributed by atoms with Crippen LogP contribution in [0.5, 0.6) is 0 Å².